The molecule has 12 heteroatoms. The lowest BCUT2D eigenvalue weighted by atomic mass is 9.93. The van der Waals surface area contributed by atoms with Crippen LogP contribution in [-0.4, -0.2) is 59.8 Å². The van der Waals surface area contributed by atoms with Gasteiger partial charge in [-0.25, -0.2) is 0 Å². The fourth-order valence-electron chi connectivity index (χ4n) is 4.88. The summed E-state index contributed by atoms with van der Waals surface area (Å²) in [6.07, 6.45) is 0. The first-order chi connectivity index (χ1) is 19.8. The lowest BCUT2D eigenvalue weighted by molar-refractivity contribution is -0.387. The summed E-state index contributed by atoms with van der Waals surface area (Å²) in [7, 11) is 4.68. The molecule has 3 rings (SSSR count). The zero-order chi connectivity index (χ0) is 31.3. The zero-order valence-corrected chi connectivity index (χ0v) is 25.8. The Labute approximate surface area is 252 Å². The van der Waals surface area contributed by atoms with Gasteiger partial charge in [-0.2, -0.15) is 4.39 Å². The number of rotatable bonds is 12. The molecule has 0 fully saturated rings. The molecule has 10 nitrogen and oxygen atoms in total. The molecule has 3 aromatic carbocycles. The van der Waals surface area contributed by atoms with E-state index in [4.69, 9.17) is 9.47 Å². The number of halogens is 2. The molecule has 1 amide bonds. The topological polar surface area (TPSA) is 134 Å². The van der Waals surface area contributed by atoms with Gasteiger partial charge in [0.1, 0.15) is 11.8 Å². The van der Waals surface area contributed by atoms with Crippen molar-refractivity contribution in [3.05, 3.63) is 85.6 Å². The van der Waals surface area contributed by atoms with Crippen molar-refractivity contribution in [2.45, 2.75) is 44.7 Å². The number of nitrogens with one attached hydrogen (secondary N) is 1. The van der Waals surface area contributed by atoms with Gasteiger partial charge in [-0.05, 0) is 82.8 Å². The minimum absolute atomic E-state index is 0.0192. The third kappa shape index (κ3) is 7.29. The van der Waals surface area contributed by atoms with Gasteiger partial charge in [0, 0.05) is 24.6 Å². The predicted molar refractivity (Wildman–Crippen MR) is 160 cm³/mol. The fraction of sp³-hybridized carbons (Fsp3) is 0.367. The lowest BCUT2D eigenvalue weighted by Crippen LogP contribution is -2.44. The number of benzene rings is 3. The number of amides is 1. The molecule has 3 N–H and O–H groups in total. The maximum absolute atomic E-state index is 13.9. The van der Waals surface area contributed by atoms with E-state index in [1.54, 1.807) is 46.2 Å². The third-order valence-corrected chi connectivity index (χ3v) is 8.02. The average molecular weight is 649 g/mol. The highest BCUT2D eigenvalue weighted by molar-refractivity contribution is 9.10. The number of nitro benzene ring substituents is 1. The molecule has 0 aromatic heterocycles. The van der Waals surface area contributed by atoms with Gasteiger partial charge in [-0.3, -0.25) is 19.8 Å². The summed E-state index contributed by atoms with van der Waals surface area (Å²) in [5.41, 5.74) is 1.21. The van der Waals surface area contributed by atoms with Crippen molar-refractivity contribution >= 4 is 27.5 Å². The maximum Gasteiger partial charge on any atom is 0.305 e. The van der Waals surface area contributed by atoms with E-state index in [1.165, 1.54) is 31.4 Å². The number of nitro groups is 1. The molecular formula is C30H35BrFN3O7. The average Bonchev–Trinajstić information content (AvgIpc) is 2.92. The van der Waals surface area contributed by atoms with Crippen LogP contribution >= 0.6 is 15.9 Å². The van der Waals surface area contributed by atoms with Crippen LogP contribution in [0.15, 0.2) is 53.0 Å². The Kier molecular flexibility index (Phi) is 10.7. The summed E-state index contributed by atoms with van der Waals surface area (Å²) in [6.45, 7) is 5.85. The van der Waals surface area contributed by atoms with Gasteiger partial charge in [-0.1, -0.05) is 26.0 Å². The highest BCUT2D eigenvalue weighted by Gasteiger charge is 2.30. The minimum Gasteiger partial charge on any atom is -0.504 e. The van der Waals surface area contributed by atoms with Crippen LogP contribution < -0.4 is 14.8 Å². The van der Waals surface area contributed by atoms with E-state index in [2.05, 4.69) is 21.2 Å². The standard InChI is InChI=1S/C30H35BrFN3O7/c1-16(21-13-25(36)29(42-6)26(37)14-21)15-34(4)28(20-8-10-27(41-5)22(31)11-20)30(38)33-18(3)17(2)19-7-9-23(32)24(12-19)35(39)40/h7-14,16-18,28,36-37H,15H2,1-6H3,(H,33,38)/t16-,17-,18+,28+/m0/s1. The number of hydrogen-bond donors (Lipinski definition) is 3. The number of carbonyl (C=O) groups is 1. The molecule has 0 radical (unpaired) electrons. The summed E-state index contributed by atoms with van der Waals surface area (Å²) in [6, 6.07) is 10.9. The molecule has 3 aromatic rings. The van der Waals surface area contributed by atoms with Gasteiger partial charge in [0.15, 0.2) is 11.5 Å². The van der Waals surface area contributed by atoms with Crippen LogP contribution in [-0.2, 0) is 4.79 Å². The van der Waals surface area contributed by atoms with Gasteiger partial charge in [-0.15, -0.1) is 0 Å². The quantitative estimate of drug-likeness (QED) is 0.161. The van der Waals surface area contributed by atoms with Crippen molar-refractivity contribution in [3.63, 3.8) is 0 Å². The van der Waals surface area contributed by atoms with E-state index in [1.807, 2.05) is 11.8 Å². The zero-order valence-electron chi connectivity index (χ0n) is 24.2. The summed E-state index contributed by atoms with van der Waals surface area (Å²) >= 11 is 3.49. The third-order valence-electron chi connectivity index (χ3n) is 7.40. The summed E-state index contributed by atoms with van der Waals surface area (Å²) < 4.78 is 25.0. The Hall–Kier alpha value is -3.90. The van der Waals surface area contributed by atoms with E-state index < -0.39 is 28.5 Å². The molecule has 0 aliphatic heterocycles. The highest BCUT2D eigenvalue weighted by Crippen LogP contribution is 2.39. The second kappa shape index (κ2) is 13.8. The molecule has 226 valence electrons. The van der Waals surface area contributed by atoms with Crippen molar-refractivity contribution in [3.8, 4) is 23.0 Å². The normalized spacial score (nSPS) is 14.1. The summed E-state index contributed by atoms with van der Waals surface area (Å²) in [5, 5.41) is 34.8. The Morgan fingerprint density at radius 2 is 1.64 bits per heavy atom. The lowest BCUT2D eigenvalue weighted by Gasteiger charge is -2.32. The van der Waals surface area contributed by atoms with Gasteiger partial charge in [0.2, 0.25) is 17.5 Å². The van der Waals surface area contributed by atoms with Crippen molar-refractivity contribution in [2.24, 2.45) is 0 Å². The molecule has 0 saturated heterocycles. The minimum atomic E-state index is -0.924. The first kappa shape index (κ1) is 32.6. The molecule has 0 aliphatic carbocycles. The second-order valence-corrected chi connectivity index (χ2v) is 11.1. The van der Waals surface area contributed by atoms with E-state index in [9.17, 15) is 29.5 Å². The molecule has 0 unspecified atom stereocenters. The summed E-state index contributed by atoms with van der Waals surface area (Å²) in [4.78, 5) is 26.2. The van der Waals surface area contributed by atoms with Crippen molar-refractivity contribution in [2.75, 3.05) is 27.8 Å². The smallest absolute Gasteiger partial charge is 0.305 e. The number of hydrogen-bond acceptors (Lipinski definition) is 8. The number of aromatic hydroxyl groups is 2. The number of methoxy groups -OCH3 is 2. The molecule has 0 aliphatic rings. The van der Waals surface area contributed by atoms with Crippen LogP contribution in [0, 0.1) is 15.9 Å². The van der Waals surface area contributed by atoms with Gasteiger partial charge >= 0.3 is 5.69 Å². The Morgan fingerprint density at radius 3 is 2.19 bits per heavy atom. The van der Waals surface area contributed by atoms with Crippen LogP contribution in [0.25, 0.3) is 0 Å². The van der Waals surface area contributed by atoms with E-state index in [-0.39, 0.29) is 35.0 Å². The number of ether oxygens (including phenoxy) is 2. The second-order valence-electron chi connectivity index (χ2n) is 10.3. The number of nitrogens with zero attached hydrogens (tertiary/aromatic N) is 2. The Balaban J connectivity index is 1.90. The van der Waals surface area contributed by atoms with Gasteiger partial charge < -0.3 is 25.0 Å². The summed E-state index contributed by atoms with van der Waals surface area (Å²) in [5.74, 6) is -1.65. The highest BCUT2D eigenvalue weighted by atomic mass is 79.9. The van der Waals surface area contributed by atoms with Crippen molar-refractivity contribution in [1.82, 2.24) is 10.2 Å². The molecule has 42 heavy (non-hydrogen) atoms. The van der Waals surface area contributed by atoms with Crippen molar-refractivity contribution in [1.29, 1.82) is 0 Å². The predicted octanol–water partition coefficient (Wildman–Crippen LogP) is 6.01. The molecule has 0 saturated carbocycles. The molecular weight excluding hydrogens is 613 g/mol. The van der Waals surface area contributed by atoms with Gasteiger partial charge in [0.25, 0.3) is 0 Å². The van der Waals surface area contributed by atoms with Crippen LogP contribution in [0.1, 0.15) is 55.3 Å². The number of likely N-dealkylation sites (N-methyl/N-ethyl adjacent to an activating group) is 1. The molecule has 0 bridgehead atoms. The van der Waals surface area contributed by atoms with E-state index >= 15 is 0 Å². The molecule has 0 spiro atoms. The van der Waals surface area contributed by atoms with Crippen LogP contribution in [0.2, 0.25) is 0 Å². The van der Waals surface area contributed by atoms with Crippen LogP contribution in [0.4, 0.5) is 10.1 Å². The first-order valence-electron chi connectivity index (χ1n) is 13.2. The Morgan fingerprint density at radius 1 is 1.02 bits per heavy atom. The number of carbonyl (C=O) groups excluding carboxylic acids is 1. The molecule has 4 atom stereocenters. The first-order valence-corrected chi connectivity index (χ1v) is 14.0. The number of phenols is 2. The van der Waals surface area contributed by atoms with Crippen LogP contribution in [0.5, 0.6) is 23.0 Å². The molecule has 0 heterocycles. The largest absolute Gasteiger partial charge is 0.504 e. The Bertz CT molecular complexity index is 1430. The SMILES string of the molecule is COc1ccc([C@H](C(=O)N[C@H](C)[C@H](C)c2ccc(F)c([N+](=O)[O-])c2)N(C)C[C@H](C)c2cc(O)c(OC)c(O)c2)cc1Br. The number of phenolic OH excluding ortho intramolecular Hbond substituents is 2. The maximum atomic E-state index is 13.9. The fourth-order valence-corrected chi connectivity index (χ4v) is 5.44. The van der Waals surface area contributed by atoms with E-state index in [0.717, 1.165) is 6.07 Å². The van der Waals surface area contributed by atoms with Crippen molar-refractivity contribution < 1.29 is 33.8 Å². The monoisotopic (exact) mass is 647 g/mol. The van der Waals surface area contributed by atoms with Crippen LogP contribution in [0.3, 0.4) is 0 Å². The van der Waals surface area contributed by atoms with Gasteiger partial charge in [0.05, 0.1) is 23.6 Å². The van der Waals surface area contributed by atoms with E-state index in [0.29, 0.717) is 33.5 Å².